The number of rotatable bonds is 7. The van der Waals surface area contributed by atoms with Crippen LogP contribution in [-0.2, 0) is 4.79 Å². The van der Waals surface area contributed by atoms with E-state index >= 15 is 0 Å². The number of carboxylic acids is 1. The Morgan fingerprint density at radius 3 is 2.39 bits per heavy atom. The molecule has 2 unspecified atom stereocenters. The van der Waals surface area contributed by atoms with Crippen LogP contribution in [0.3, 0.4) is 0 Å². The van der Waals surface area contributed by atoms with Gasteiger partial charge < -0.3 is 10.2 Å². The fraction of sp³-hybridized carbons (Fsp3) is 0.500. The van der Waals surface area contributed by atoms with Crippen molar-refractivity contribution in [2.45, 2.75) is 19.9 Å². The standard InChI is InChI=1S/C14H21NO3/c1-11(14(17)18)10-15(8-9-16)12(2)13-6-4-3-5-7-13/h3-7,11-12,16H,8-10H2,1-2H3,(H,17,18). The number of hydrogen-bond acceptors (Lipinski definition) is 3. The minimum Gasteiger partial charge on any atom is -0.481 e. The Morgan fingerprint density at radius 1 is 1.28 bits per heavy atom. The number of carbonyl (C=O) groups is 1. The van der Waals surface area contributed by atoms with Crippen molar-refractivity contribution in [1.29, 1.82) is 0 Å². The Kier molecular flexibility index (Phi) is 5.82. The highest BCUT2D eigenvalue weighted by Crippen LogP contribution is 2.20. The molecule has 0 saturated heterocycles. The number of hydrogen-bond donors (Lipinski definition) is 2. The Bertz CT molecular complexity index is 367. The summed E-state index contributed by atoms with van der Waals surface area (Å²) in [5.41, 5.74) is 1.13. The molecule has 2 atom stereocenters. The number of aliphatic hydroxyl groups is 1. The van der Waals surface area contributed by atoms with E-state index in [0.717, 1.165) is 5.56 Å². The number of carboxylic acid groups (broad SMARTS) is 1. The van der Waals surface area contributed by atoms with Crippen LogP contribution in [0.15, 0.2) is 30.3 Å². The summed E-state index contributed by atoms with van der Waals surface area (Å²) in [5, 5.41) is 18.1. The molecule has 0 spiro atoms. The van der Waals surface area contributed by atoms with E-state index in [1.165, 1.54) is 0 Å². The average Bonchev–Trinajstić information content (AvgIpc) is 2.38. The van der Waals surface area contributed by atoms with Crippen LogP contribution in [0.5, 0.6) is 0 Å². The van der Waals surface area contributed by atoms with Crippen molar-refractivity contribution in [3.8, 4) is 0 Å². The summed E-state index contributed by atoms with van der Waals surface area (Å²) in [6.45, 7) is 4.66. The molecule has 0 radical (unpaired) electrons. The highest BCUT2D eigenvalue weighted by molar-refractivity contribution is 5.69. The van der Waals surface area contributed by atoms with E-state index in [0.29, 0.717) is 13.1 Å². The molecule has 100 valence electrons. The zero-order chi connectivity index (χ0) is 13.5. The molecule has 0 amide bonds. The number of aliphatic carboxylic acids is 1. The maximum atomic E-state index is 10.9. The SMILES string of the molecule is CC(CN(CCO)C(C)c1ccccc1)C(=O)O. The highest BCUT2D eigenvalue weighted by atomic mass is 16.4. The molecule has 2 N–H and O–H groups in total. The average molecular weight is 251 g/mol. The lowest BCUT2D eigenvalue weighted by Gasteiger charge is -2.30. The van der Waals surface area contributed by atoms with Gasteiger partial charge in [0.1, 0.15) is 0 Å². The van der Waals surface area contributed by atoms with Crippen molar-refractivity contribution in [2.75, 3.05) is 19.7 Å². The van der Waals surface area contributed by atoms with Crippen LogP contribution in [0.25, 0.3) is 0 Å². The first-order valence-corrected chi connectivity index (χ1v) is 6.19. The molecule has 0 fully saturated rings. The zero-order valence-corrected chi connectivity index (χ0v) is 10.9. The van der Waals surface area contributed by atoms with Gasteiger partial charge in [-0.3, -0.25) is 9.69 Å². The van der Waals surface area contributed by atoms with Crippen LogP contribution in [0, 0.1) is 5.92 Å². The van der Waals surface area contributed by atoms with E-state index in [9.17, 15) is 4.79 Å². The Morgan fingerprint density at radius 2 is 1.89 bits per heavy atom. The molecule has 0 aliphatic carbocycles. The second-order valence-electron chi connectivity index (χ2n) is 4.54. The molecule has 4 nitrogen and oxygen atoms in total. The highest BCUT2D eigenvalue weighted by Gasteiger charge is 2.20. The topological polar surface area (TPSA) is 60.8 Å². The van der Waals surface area contributed by atoms with Gasteiger partial charge in [-0.15, -0.1) is 0 Å². The number of nitrogens with zero attached hydrogens (tertiary/aromatic N) is 1. The van der Waals surface area contributed by atoms with Gasteiger partial charge in [-0.25, -0.2) is 0 Å². The van der Waals surface area contributed by atoms with Gasteiger partial charge in [-0.05, 0) is 12.5 Å². The lowest BCUT2D eigenvalue weighted by molar-refractivity contribution is -0.142. The van der Waals surface area contributed by atoms with Crippen LogP contribution in [-0.4, -0.2) is 40.8 Å². The van der Waals surface area contributed by atoms with Gasteiger partial charge in [0.2, 0.25) is 0 Å². The lowest BCUT2D eigenvalue weighted by atomic mass is 10.0. The number of benzene rings is 1. The molecule has 0 aromatic heterocycles. The molecule has 18 heavy (non-hydrogen) atoms. The number of aliphatic hydroxyl groups excluding tert-OH is 1. The van der Waals surface area contributed by atoms with Gasteiger partial charge in [0.25, 0.3) is 0 Å². The van der Waals surface area contributed by atoms with Crippen LogP contribution >= 0.6 is 0 Å². The van der Waals surface area contributed by atoms with Gasteiger partial charge in [-0.1, -0.05) is 37.3 Å². The summed E-state index contributed by atoms with van der Waals surface area (Å²) >= 11 is 0. The molecule has 1 aromatic carbocycles. The molecule has 1 aromatic rings. The predicted octanol–water partition coefficient (Wildman–Crippen LogP) is 1.76. The van der Waals surface area contributed by atoms with Crippen LogP contribution in [0.4, 0.5) is 0 Å². The molecule has 4 heteroatoms. The van der Waals surface area contributed by atoms with E-state index in [2.05, 4.69) is 0 Å². The summed E-state index contributed by atoms with van der Waals surface area (Å²) in [4.78, 5) is 12.9. The van der Waals surface area contributed by atoms with Crippen molar-refractivity contribution in [3.63, 3.8) is 0 Å². The maximum absolute atomic E-state index is 10.9. The largest absolute Gasteiger partial charge is 0.481 e. The first-order chi connectivity index (χ1) is 8.56. The van der Waals surface area contributed by atoms with Crippen molar-refractivity contribution >= 4 is 5.97 Å². The molecule has 0 aliphatic heterocycles. The van der Waals surface area contributed by atoms with E-state index in [1.807, 2.05) is 42.2 Å². The van der Waals surface area contributed by atoms with E-state index in [1.54, 1.807) is 6.92 Å². The second kappa shape index (κ2) is 7.13. The minimum absolute atomic E-state index is 0.0313. The van der Waals surface area contributed by atoms with Crippen molar-refractivity contribution in [1.82, 2.24) is 4.90 Å². The third-order valence-corrected chi connectivity index (χ3v) is 3.15. The van der Waals surface area contributed by atoms with Gasteiger partial charge in [0.15, 0.2) is 0 Å². The summed E-state index contributed by atoms with van der Waals surface area (Å²) in [5.74, 6) is -1.25. The molecule has 0 aliphatic rings. The Hall–Kier alpha value is -1.39. The summed E-state index contributed by atoms with van der Waals surface area (Å²) in [6.07, 6.45) is 0. The Labute approximate surface area is 108 Å². The quantitative estimate of drug-likeness (QED) is 0.775. The van der Waals surface area contributed by atoms with Crippen molar-refractivity contribution < 1.29 is 15.0 Å². The van der Waals surface area contributed by atoms with E-state index in [-0.39, 0.29) is 12.6 Å². The van der Waals surface area contributed by atoms with Gasteiger partial charge in [0.05, 0.1) is 12.5 Å². The molecule has 0 saturated carbocycles. The molecular formula is C14H21NO3. The first kappa shape index (κ1) is 14.7. The van der Waals surface area contributed by atoms with Gasteiger partial charge in [-0.2, -0.15) is 0 Å². The van der Waals surface area contributed by atoms with Crippen LogP contribution in [0.1, 0.15) is 25.5 Å². The fourth-order valence-electron chi connectivity index (χ4n) is 1.94. The first-order valence-electron chi connectivity index (χ1n) is 6.19. The molecule has 1 rings (SSSR count). The monoisotopic (exact) mass is 251 g/mol. The minimum atomic E-state index is -0.807. The van der Waals surface area contributed by atoms with Crippen LogP contribution in [0.2, 0.25) is 0 Å². The Balaban J connectivity index is 2.75. The maximum Gasteiger partial charge on any atom is 0.307 e. The van der Waals surface area contributed by atoms with Crippen molar-refractivity contribution in [3.05, 3.63) is 35.9 Å². The molecule has 0 bridgehead atoms. The van der Waals surface area contributed by atoms with E-state index in [4.69, 9.17) is 10.2 Å². The van der Waals surface area contributed by atoms with Crippen molar-refractivity contribution in [2.24, 2.45) is 5.92 Å². The predicted molar refractivity (Wildman–Crippen MR) is 70.3 cm³/mol. The van der Waals surface area contributed by atoms with Crippen LogP contribution < -0.4 is 0 Å². The van der Waals surface area contributed by atoms with E-state index < -0.39 is 11.9 Å². The van der Waals surface area contributed by atoms with Gasteiger partial charge in [0, 0.05) is 19.1 Å². The molecular weight excluding hydrogens is 230 g/mol. The summed E-state index contributed by atoms with van der Waals surface area (Å²) < 4.78 is 0. The smallest absolute Gasteiger partial charge is 0.307 e. The second-order valence-corrected chi connectivity index (χ2v) is 4.54. The summed E-state index contributed by atoms with van der Waals surface area (Å²) in [7, 11) is 0. The molecule has 0 heterocycles. The lowest BCUT2D eigenvalue weighted by Crippen LogP contribution is -2.36. The zero-order valence-electron chi connectivity index (χ0n) is 10.9. The third-order valence-electron chi connectivity index (χ3n) is 3.15. The van der Waals surface area contributed by atoms with Gasteiger partial charge >= 0.3 is 5.97 Å². The third kappa shape index (κ3) is 4.13. The fourth-order valence-corrected chi connectivity index (χ4v) is 1.94. The summed E-state index contributed by atoms with van der Waals surface area (Å²) in [6, 6.07) is 10.0. The normalized spacial score (nSPS) is 14.4.